The van der Waals surface area contributed by atoms with Crippen LogP contribution in [0.4, 0.5) is 0 Å². The smallest absolute Gasteiger partial charge is 0.338 e. The maximum Gasteiger partial charge on any atom is 0.338 e. The number of halogens is 2. The topological polar surface area (TPSA) is 26.3 Å². The summed E-state index contributed by atoms with van der Waals surface area (Å²) < 4.78 is 5.05. The molecule has 98 valence electrons. The fourth-order valence-electron chi connectivity index (χ4n) is 1.81. The van der Waals surface area contributed by atoms with Crippen molar-refractivity contribution in [2.45, 2.75) is 6.92 Å². The Morgan fingerprint density at radius 2 is 1.84 bits per heavy atom. The third-order valence-electron chi connectivity index (χ3n) is 2.64. The Morgan fingerprint density at radius 1 is 1.11 bits per heavy atom. The Kier molecular flexibility index (Phi) is 4.46. The summed E-state index contributed by atoms with van der Waals surface area (Å²) >= 11 is 12.2. The van der Waals surface area contributed by atoms with E-state index >= 15 is 0 Å². The Labute approximate surface area is 121 Å². The quantitative estimate of drug-likeness (QED) is 0.757. The van der Waals surface area contributed by atoms with Crippen molar-refractivity contribution in [2.75, 3.05) is 6.61 Å². The van der Waals surface area contributed by atoms with Crippen LogP contribution >= 0.6 is 23.2 Å². The molecule has 0 radical (unpaired) electrons. The van der Waals surface area contributed by atoms with Crippen LogP contribution in [0.2, 0.25) is 10.0 Å². The zero-order valence-corrected chi connectivity index (χ0v) is 11.8. The third-order valence-corrected chi connectivity index (χ3v) is 3.21. The van der Waals surface area contributed by atoms with E-state index in [1.165, 1.54) is 0 Å². The molecule has 0 aliphatic heterocycles. The number of rotatable bonds is 3. The molecule has 2 aromatic rings. The van der Waals surface area contributed by atoms with Crippen molar-refractivity contribution < 1.29 is 9.53 Å². The lowest BCUT2D eigenvalue weighted by Gasteiger charge is -2.10. The van der Waals surface area contributed by atoms with Crippen molar-refractivity contribution in [3.8, 4) is 11.1 Å². The molecule has 2 rings (SSSR count). The molecule has 0 saturated heterocycles. The second-order valence-electron chi connectivity index (χ2n) is 3.89. The van der Waals surface area contributed by atoms with E-state index in [9.17, 15) is 4.79 Å². The van der Waals surface area contributed by atoms with E-state index in [1.807, 2.05) is 12.1 Å². The Balaban J connectivity index is 2.56. The summed E-state index contributed by atoms with van der Waals surface area (Å²) in [6.07, 6.45) is 0. The number of benzene rings is 2. The van der Waals surface area contributed by atoms with E-state index in [4.69, 9.17) is 27.9 Å². The molecule has 0 unspecified atom stereocenters. The highest BCUT2D eigenvalue weighted by molar-refractivity contribution is 6.35. The van der Waals surface area contributed by atoms with Gasteiger partial charge in [0.15, 0.2) is 0 Å². The zero-order chi connectivity index (χ0) is 13.8. The highest BCUT2D eigenvalue weighted by Crippen LogP contribution is 2.33. The van der Waals surface area contributed by atoms with Gasteiger partial charge >= 0.3 is 5.97 Å². The van der Waals surface area contributed by atoms with Crippen LogP contribution in [-0.2, 0) is 4.74 Å². The number of ether oxygens (including phenoxy) is 1. The van der Waals surface area contributed by atoms with Gasteiger partial charge in [-0.1, -0.05) is 41.4 Å². The molecule has 0 heterocycles. The summed E-state index contributed by atoms with van der Waals surface area (Å²) in [5, 5.41) is 1.11. The van der Waals surface area contributed by atoms with Gasteiger partial charge in [-0.05, 0) is 36.8 Å². The molecule has 0 spiro atoms. The molecule has 0 aromatic heterocycles. The van der Waals surface area contributed by atoms with Crippen LogP contribution in [0.3, 0.4) is 0 Å². The molecular weight excluding hydrogens is 283 g/mol. The number of carbonyl (C=O) groups excluding carboxylic acids is 1. The zero-order valence-electron chi connectivity index (χ0n) is 10.3. The van der Waals surface area contributed by atoms with Gasteiger partial charge in [0.2, 0.25) is 0 Å². The number of hydrogen-bond acceptors (Lipinski definition) is 2. The van der Waals surface area contributed by atoms with E-state index in [1.54, 1.807) is 37.3 Å². The normalized spacial score (nSPS) is 10.3. The standard InChI is InChI=1S/C15H12Cl2O2/c1-2-19-15(18)12-6-4-3-5-11(12)13-9-10(16)7-8-14(13)17/h3-9H,2H2,1H3. The average Bonchev–Trinajstić information content (AvgIpc) is 2.42. The van der Waals surface area contributed by atoms with Gasteiger partial charge in [0.05, 0.1) is 12.2 Å². The van der Waals surface area contributed by atoms with Crippen LogP contribution in [0.25, 0.3) is 11.1 Å². The first-order chi connectivity index (χ1) is 9.13. The van der Waals surface area contributed by atoms with Crippen LogP contribution in [0.1, 0.15) is 17.3 Å². The fourth-order valence-corrected chi connectivity index (χ4v) is 2.20. The predicted molar refractivity (Wildman–Crippen MR) is 77.9 cm³/mol. The summed E-state index contributed by atoms with van der Waals surface area (Å²) in [5.74, 6) is -0.367. The summed E-state index contributed by atoms with van der Waals surface area (Å²) in [4.78, 5) is 11.9. The van der Waals surface area contributed by atoms with Gasteiger partial charge in [-0.25, -0.2) is 4.79 Å². The van der Waals surface area contributed by atoms with E-state index in [-0.39, 0.29) is 5.97 Å². The van der Waals surface area contributed by atoms with Gasteiger partial charge in [0, 0.05) is 15.6 Å². The molecule has 0 atom stereocenters. The first-order valence-corrected chi connectivity index (χ1v) is 6.60. The molecule has 0 aliphatic carbocycles. The SMILES string of the molecule is CCOC(=O)c1ccccc1-c1cc(Cl)ccc1Cl. The molecular formula is C15H12Cl2O2. The lowest BCUT2D eigenvalue weighted by molar-refractivity contribution is 0.0527. The second-order valence-corrected chi connectivity index (χ2v) is 4.73. The van der Waals surface area contributed by atoms with E-state index in [2.05, 4.69) is 0 Å². The molecule has 0 fully saturated rings. The minimum Gasteiger partial charge on any atom is -0.462 e. The number of esters is 1. The molecule has 0 amide bonds. The van der Waals surface area contributed by atoms with Crippen LogP contribution in [0.15, 0.2) is 42.5 Å². The fraction of sp³-hybridized carbons (Fsp3) is 0.133. The van der Waals surface area contributed by atoms with Crippen molar-refractivity contribution in [3.05, 3.63) is 58.1 Å². The van der Waals surface area contributed by atoms with Crippen molar-refractivity contribution >= 4 is 29.2 Å². The van der Waals surface area contributed by atoms with Crippen molar-refractivity contribution in [1.82, 2.24) is 0 Å². The molecule has 0 N–H and O–H groups in total. The van der Waals surface area contributed by atoms with Crippen LogP contribution in [0.5, 0.6) is 0 Å². The van der Waals surface area contributed by atoms with Gasteiger partial charge in [-0.3, -0.25) is 0 Å². The van der Waals surface area contributed by atoms with Gasteiger partial charge in [0.25, 0.3) is 0 Å². The molecule has 2 nitrogen and oxygen atoms in total. The van der Waals surface area contributed by atoms with E-state index in [0.29, 0.717) is 27.8 Å². The summed E-state index contributed by atoms with van der Waals surface area (Å²) in [6, 6.07) is 12.3. The molecule has 19 heavy (non-hydrogen) atoms. The number of carbonyl (C=O) groups is 1. The Hall–Kier alpha value is -1.51. The maximum absolute atomic E-state index is 11.9. The Morgan fingerprint density at radius 3 is 2.58 bits per heavy atom. The van der Waals surface area contributed by atoms with Gasteiger partial charge in [-0.2, -0.15) is 0 Å². The van der Waals surface area contributed by atoms with Crippen molar-refractivity contribution in [3.63, 3.8) is 0 Å². The average molecular weight is 295 g/mol. The summed E-state index contributed by atoms with van der Waals surface area (Å²) in [6.45, 7) is 2.10. The lowest BCUT2D eigenvalue weighted by Crippen LogP contribution is -2.06. The number of hydrogen-bond donors (Lipinski definition) is 0. The maximum atomic E-state index is 11.9. The van der Waals surface area contributed by atoms with E-state index < -0.39 is 0 Å². The van der Waals surface area contributed by atoms with Crippen LogP contribution < -0.4 is 0 Å². The van der Waals surface area contributed by atoms with Crippen molar-refractivity contribution in [1.29, 1.82) is 0 Å². The van der Waals surface area contributed by atoms with Crippen LogP contribution in [0, 0.1) is 0 Å². The summed E-state index contributed by atoms with van der Waals surface area (Å²) in [5.41, 5.74) is 1.92. The summed E-state index contributed by atoms with van der Waals surface area (Å²) in [7, 11) is 0. The van der Waals surface area contributed by atoms with Gasteiger partial charge < -0.3 is 4.74 Å². The second kappa shape index (κ2) is 6.09. The monoisotopic (exact) mass is 294 g/mol. The molecule has 4 heteroatoms. The molecule has 2 aromatic carbocycles. The van der Waals surface area contributed by atoms with Crippen molar-refractivity contribution in [2.24, 2.45) is 0 Å². The molecule has 0 bridgehead atoms. The highest BCUT2D eigenvalue weighted by Gasteiger charge is 2.15. The van der Waals surface area contributed by atoms with Gasteiger partial charge in [-0.15, -0.1) is 0 Å². The molecule has 0 aliphatic rings. The largest absolute Gasteiger partial charge is 0.462 e. The predicted octanol–water partition coefficient (Wildman–Crippen LogP) is 4.84. The minimum absolute atomic E-state index is 0.330. The lowest BCUT2D eigenvalue weighted by atomic mass is 10.00. The minimum atomic E-state index is -0.367. The molecule has 0 saturated carbocycles. The first kappa shape index (κ1) is 13.9. The Bertz CT molecular complexity index is 609. The van der Waals surface area contributed by atoms with Crippen LogP contribution in [-0.4, -0.2) is 12.6 Å². The third kappa shape index (κ3) is 3.09. The highest BCUT2D eigenvalue weighted by atomic mass is 35.5. The van der Waals surface area contributed by atoms with Gasteiger partial charge in [0.1, 0.15) is 0 Å². The first-order valence-electron chi connectivity index (χ1n) is 5.85. The van der Waals surface area contributed by atoms with E-state index in [0.717, 1.165) is 5.56 Å².